The van der Waals surface area contributed by atoms with Crippen molar-refractivity contribution in [1.29, 1.82) is 0 Å². The first-order chi connectivity index (χ1) is 13.9. The average molecular weight is 401 g/mol. The molecule has 0 radical (unpaired) electrons. The number of aryl methyl sites for hydroxylation is 2. The van der Waals surface area contributed by atoms with Gasteiger partial charge in [0, 0.05) is 12.3 Å². The van der Waals surface area contributed by atoms with Crippen LogP contribution in [0.5, 0.6) is 0 Å². The van der Waals surface area contributed by atoms with Crippen molar-refractivity contribution in [2.75, 3.05) is 0 Å². The second kappa shape index (κ2) is 12.3. The fourth-order valence-electron chi connectivity index (χ4n) is 4.26. The minimum absolute atomic E-state index is 0.0200. The van der Waals surface area contributed by atoms with Crippen LogP contribution in [0.2, 0.25) is 0 Å². The summed E-state index contributed by atoms with van der Waals surface area (Å²) in [4.78, 5) is 0. The van der Waals surface area contributed by atoms with E-state index in [-0.39, 0.29) is 11.8 Å². The van der Waals surface area contributed by atoms with Gasteiger partial charge in [-0.25, -0.2) is 0 Å². The molecule has 0 aromatic heterocycles. The van der Waals surface area contributed by atoms with E-state index in [0.717, 1.165) is 25.2 Å². The molecule has 2 rings (SSSR count). The molecule has 1 aliphatic carbocycles. The quantitative estimate of drug-likeness (QED) is 0.363. The Kier molecular flexibility index (Phi) is 10.1. The average Bonchev–Trinajstić information content (AvgIpc) is 2.93. The van der Waals surface area contributed by atoms with E-state index in [4.69, 9.17) is 0 Å². The van der Waals surface area contributed by atoms with Gasteiger partial charge in [0.2, 0.25) is 0 Å². The molecule has 0 aliphatic heterocycles. The first-order valence-electron chi connectivity index (χ1n) is 11.3. The third kappa shape index (κ3) is 8.46. The van der Waals surface area contributed by atoms with Gasteiger partial charge in [0.05, 0.1) is 18.3 Å². The summed E-state index contributed by atoms with van der Waals surface area (Å²) in [7, 11) is 0. The molecule has 0 amide bonds. The van der Waals surface area contributed by atoms with Crippen molar-refractivity contribution in [2.24, 2.45) is 17.8 Å². The number of hydrogen-bond donors (Lipinski definition) is 3. The molecule has 3 nitrogen and oxygen atoms in total. The van der Waals surface area contributed by atoms with Gasteiger partial charge in [-0.15, -0.1) is 0 Å². The first kappa shape index (κ1) is 23.9. The van der Waals surface area contributed by atoms with Crippen molar-refractivity contribution in [3.63, 3.8) is 0 Å². The Hall–Kier alpha value is -1.42. The molecule has 1 aromatic rings. The van der Waals surface area contributed by atoms with Crippen LogP contribution in [0.1, 0.15) is 63.5 Å². The summed E-state index contributed by atoms with van der Waals surface area (Å²) in [5.41, 5.74) is 2.46. The molecule has 0 heterocycles. The maximum atomic E-state index is 10.4. The molecule has 1 saturated carbocycles. The summed E-state index contributed by atoms with van der Waals surface area (Å²) >= 11 is 0. The lowest BCUT2D eigenvalue weighted by Gasteiger charge is -2.19. The van der Waals surface area contributed by atoms with Gasteiger partial charge in [-0.2, -0.15) is 0 Å². The van der Waals surface area contributed by atoms with Crippen LogP contribution < -0.4 is 0 Å². The molecule has 1 fully saturated rings. The number of aliphatic hydroxyl groups is 3. The molecule has 1 aromatic carbocycles. The van der Waals surface area contributed by atoms with E-state index in [1.165, 1.54) is 24.0 Å². The highest BCUT2D eigenvalue weighted by molar-refractivity contribution is 5.22. The van der Waals surface area contributed by atoms with E-state index in [1.54, 1.807) is 6.08 Å². The first-order valence-corrected chi connectivity index (χ1v) is 11.3. The third-order valence-corrected chi connectivity index (χ3v) is 6.01. The minimum Gasteiger partial charge on any atom is -0.393 e. The smallest absolute Gasteiger partial charge is 0.0724 e. The maximum Gasteiger partial charge on any atom is 0.0724 e. The van der Waals surface area contributed by atoms with Crippen LogP contribution in [0.4, 0.5) is 0 Å². The van der Waals surface area contributed by atoms with E-state index in [9.17, 15) is 15.3 Å². The SMILES string of the molecule is Cc1cccc(CC[C@H](O)/C=C/[C@@H]2C(C/C=C\CCCC(C)C)[C@@H](O)C[C@H]2O)c1. The Morgan fingerprint density at radius 2 is 1.90 bits per heavy atom. The van der Waals surface area contributed by atoms with Crippen molar-refractivity contribution >= 4 is 0 Å². The number of hydrogen-bond acceptors (Lipinski definition) is 3. The Bertz CT molecular complexity index is 649. The molecule has 0 bridgehead atoms. The second-order valence-corrected chi connectivity index (χ2v) is 9.12. The molecular formula is C26H40O3. The lowest BCUT2D eigenvalue weighted by Crippen LogP contribution is -2.20. The van der Waals surface area contributed by atoms with Crippen LogP contribution in [-0.2, 0) is 6.42 Å². The highest BCUT2D eigenvalue weighted by atomic mass is 16.3. The fraction of sp³-hybridized carbons (Fsp3) is 0.615. The molecule has 1 unspecified atom stereocenters. The van der Waals surface area contributed by atoms with E-state index in [0.29, 0.717) is 12.8 Å². The highest BCUT2D eigenvalue weighted by Gasteiger charge is 2.39. The molecule has 162 valence electrons. The standard InChI is InChI=1S/C26H40O3/c1-19(2)9-6-4-5-7-12-23-24(26(29)18-25(23)28)16-15-22(27)14-13-21-11-8-10-20(3)17-21/h5,7-8,10-11,15-17,19,22-29H,4,6,9,12-14,18H2,1-3H3/b7-5-,16-15+/t22-,23?,24+,25-,26+/m0/s1. The van der Waals surface area contributed by atoms with E-state index in [1.807, 2.05) is 12.1 Å². The van der Waals surface area contributed by atoms with Crippen molar-refractivity contribution in [2.45, 2.75) is 84.0 Å². The molecule has 5 atom stereocenters. The van der Waals surface area contributed by atoms with Gasteiger partial charge in [-0.3, -0.25) is 0 Å². The molecule has 0 saturated heterocycles. The van der Waals surface area contributed by atoms with Gasteiger partial charge in [0.1, 0.15) is 0 Å². The number of benzene rings is 1. The Balaban J connectivity index is 1.82. The second-order valence-electron chi connectivity index (χ2n) is 9.12. The van der Waals surface area contributed by atoms with Gasteiger partial charge in [-0.1, -0.05) is 74.4 Å². The van der Waals surface area contributed by atoms with E-state index < -0.39 is 18.3 Å². The fourth-order valence-corrected chi connectivity index (χ4v) is 4.26. The van der Waals surface area contributed by atoms with Crippen LogP contribution in [0, 0.1) is 24.7 Å². The summed E-state index contributed by atoms with van der Waals surface area (Å²) in [6.45, 7) is 6.56. The number of aliphatic hydroxyl groups excluding tert-OH is 3. The molecule has 3 heteroatoms. The predicted molar refractivity (Wildman–Crippen MR) is 121 cm³/mol. The topological polar surface area (TPSA) is 60.7 Å². The van der Waals surface area contributed by atoms with Crippen molar-refractivity contribution in [1.82, 2.24) is 0 Å². The Morgan fingerprint density at radius 3 is 2.62 bits per heavy atom. The zero-order valence-electron chi connectivity index (χ0n) is 18.4. The Labute approximate surface area is 177 Å². The number of rotatable bonds is 11. The third-order valence-electron chi connectivity index (χ3n) is 6.01. The van der Waals surface area contributed by atoms with Crippen LogP contribution in [-0.4, -0.2) is 33.6 Å². The maximum absolute atomic E-state index is 10.4. The zero-order chi connectivity index (χ0) is 21.2. The van der Waals surface area contributed by atoms with Gasteiger partial charge in [-0.05, 0) is 56.4 Å². The summed E-state index contributed by atoms with van der Waals surface area (Å²) in [6.07, 6.45) is 12.7. The molecule has 29 heavy (non-hydrogen) atoms. The predicted octanol–water partition coefficient (Wildman–Crippen LogP) is 4.98. The van der Waals surface area contributed by atoms with Gasteiger partial charge in [0.25, 0.3) is 0 Å². The van der Waals surface area contributed by atoms with Crippen LogP contribution in [0.3, 0.4) is 0 Å². The monoisotopic (exact) mass is 400 g/mol. The van der Waals surface area contributed by atoms with E-state index in [2.05, 4.69) is 51.1 Å². The highest BCUT2D eigenvalue weighted by Crippen LogP contribution is 2.36. The number of unbranched alkanes of at least 4 members (excludes halogenated alkanes) is 1. The summed E-state index contributed by atoms with van der Waals surface area (Å²) in [6, 6.07) is 8.36. The van der Waals surface area contributed by atoms with Gasteiger partial charge < -0.3 is 15.3 Å². The Morgan fingerprint density at radius 1 is 1.10 bits per heavy atom. The number of allylic oxidation sites excluding steroid dienone is 2. The lowest BCUT2D eigenvalue weighted by atomic mass is 9.89. The van der Waals surface area contributed by atoms with Gasteiger partial charge >= 0.3 is 0 Å². The van der Waals surface area contributed by atoms with Gasteiger partial charge in [0.15, 0.2) is 0 Å². The zero-order valence-corrected chi connectivity index (χ0v) is 18.4. The molecular weight excluding hydrogens is 360 g/mol. The van der Waals surface area contributed by atoms with Crippen LogP contribution in [0.25, 0.3) is 0 Å². The summed E-state index contributed by atoms with van der Waals surface area (Å²) in [5, 5.41) is 31.1. The summed E-state index contributed by atoms with van der Waals surface area (Å²) < 4.78 is 0. The van der Waals surface area contributed by atoms with Crippen molar-refractivity contribution in [3.8, 4) is 0 Å². The van der Waals surface area contributed by atoms with Crippen LogP contribution >= 0.6 is 0 Å². The van der Waals surface area contributed by atoms with Crippen LogP contribution in [0.15, 0.2) is 48.6 Å². The molecule has 0 spiro atoms. The van der Waals surface area contributed by atoms with Crippen molar-refractivity contribution in [3.05, 3.63) is 59.7 Å². The van der Waals surface area contributed by atoms with E-state index >= 15 is 0 Å². The molecule has 3 N–H and O–H groups in total. The minimum atomic E-state index is -0.537. The molecule has 1 aliphatic rings. The van der Waals surface area contributed by atoms with Crippen molar-refractivity contribution < 1.29 is 15.3 Å². The normalized spacial score (nSPS) is 26.2. The summed E-state index contributed by atoms with van der Waals surface area (Å²) in [5.74, 6) is 0.660. The largest absolute Gasteiger partial charge is 0.393 e. The lowest BCUT2D eigenvalue weighted by molar-refractivity contribution is 0.120.